The number of para-hydroxylation sites is 1. The van der Waals surface area contributed by atoms with Gasteiger partial charge in [-0.3, -0.25) is 4.79 Å². The summed E-state index contributed by atoms with van der Waals surface area (Å²) in [5, 5.41) is 11.4. The zero-order chi connectivity index (χ0) is 20.9. The number of carbonyl (C=O) groups excluding carboxylic acids is 1. The second kappa shape index (κ2) is 8.90. The van der Waals surface area contributed by atoms with E-state index in [1.807, 2.05) is 24.3 Å². The topological polar surface area (TPSA) is 67.3 Å². The highest BCUT2D eigenvalue weighted by molar-refractivity contribution is 5.94. The number of aromatic nitrogens is 2. The number of nitrogens with zero attached hydrogens (tertiary/aromatic N) is 3. The fraction of sp³-hybridized carbons (Fsp3) is 0.261. The van der Waals surface area contributed by atoms with Crippen LogP contribution in [-0.2, 0) is 4.79 Å². The highest BCUT2D eigenvalue weighted by atomic mass is 19.1. The normalized spacial score (nSPS) is 14.4. The Hall–Kier alpha value is -3.48. The summed E-state index contributed by atoms with van der Waals surface area (Å²) in [7, 11) is 0. The first-order chi connectivity index (χ1) is 14.6. The molecule has 1 fully saturated rings. The second-order valence-electron chi connectivity index (χ2n) is 7.23. The molecule has 0 radical (unpaired) electrons. The molecule has 0 bridgehead atoms. The Morgan fingerprint density at radius 3 is 2.43 bits per heavy atom. The molecule has 1 aromatic heterocycles. The molecule has 30 heavy (non-hydrogen) atoms. The van der Waals surface area contributed by atoms with Crippen molar-refractivity contribution in [2.75, 3.05) is 23.3 Å². The SMILES string of the molecule is CC(Oc1ccccc1F)C(=O)Nc1ccc(-c2ccc(N3CCCC3)nn2)cc1. The van der Waals surface area contributed by atoms with Crippen molar-refractivity contribution >= 4 is 17.4 Å². The van der Waals surface area contributed by atoms with Crippen LogP contribution in [0.15, 0.2) is 60.7 Å². The molecular formula is C23H23FN4O2. The van der Waals surface area contributed by atoms with Crippen molar-refractivity contribution in [1.29, 1.82) is 0 Å². The fourth-order valence-corrected chi connectivity index (χ4v) is 3.35. The molecule has 2 heterocycles. The second-order valence-corrected chi connectivity index (χ2v) is 7.23. The standard InChI is InChI=1S/C23H23FN4O2/c1-16(30-21-7-3-2-6-19(21)24)23(29)25-18-10-8-17(9-11-18)20-12-13-22(27-26-20)28-14-4-5-15-28/h2-3,6-13,16H,4-5,14-15H2,1H3,(H,25,29). The first kappa shape index (κ1) is 19.8. The van der Waals surface area contributed by atoms with Gasteiger partial charge in [-0.2, -0.15) is 0 Å². The van der Waals surface area contributed by atoms with E-state index in [0.717, 1.165) is 30.2 Å². The molecule has 1 unspecified atom stereocenters. The minimum absolute atomic E-state index is 0.0476. The van der Waals surface area contributed by atoms with Gasteiger partial charge in [0.2, 0.25) is 0 Å². The van der Waals surface area contributed by atoms with Crippen LogP contribution in [-0.4, -0.2) is 35.3 Å². The van der Waals surface area contributed by atoms with Crippen LogP contribution < -0.4 is 15.0 Å². The quantitative estimate of drug-likeness (QED) is 0.662. The minimum atomic E-state index is -0.842. The average molecular weight is 406 g/mol. The highest BCUT2D eigenvalue weighted by Gasteiger charge is 2.17. The lowest BCUT2D eigenvalue weighted by Crippen LogP contribution is -2.30. The first-order valence-electron chi connectivity index (χ1n) is 10.0. The van der Waals surface area contributed by atoms with E-state index < -0.39 is 11.9 Å². The summed E-state index contributed by atoms with van der Waals surface area (Å²) >= 11 is 0. The maximum atomic E-state index is 13.7. The van der Waals surface area contributed by atoms with Crippen molar-refractivity contribution in [3.63, 3.8) is 0 Å². The fourth-order valence-electron chi connectivity index (χ4n) is 3.35. The third-order valence-electron chi connectivity index (χ3n) is 5.04. The highest BCUT2D eigenvalue weighted by Crippen LogP contribution is 2.23. The number of hydrogen-bond acceptors (Lipinski definition) is 5. The Kier molecular flexibility index (Phi) is 5.88. The Labute approximate surface area is 174 Å². The van der Waals surface area contributed by atoms with Crippen molar-refractivity contribution in [1.82, 2.24) is 10.2 Å². The number of benzene rings is 2. The zero-order valence-electron chi connectivity index (χ0n) is 16.7. The number of rotatable bonds is 6. The predicted octanol–water partition coefficient (Wildman–Crippen LogP) is 4.29. The van der Waals surface area contributed by atoms with Crippen molar-refractivity contribution in [2.24, 2.45) is 0 Å². The summed E-state index contributed by atoms with van der Waals surface area (Å²) in [5.74, 6) is 0.0922. The first-order valence-corrected chi connectivity index (χ1v) is 10.0. The summed E-state index contributed by atoms with van der Waals surface area (Å²) in [6, 6.07) is 17.3. The lowest BCUT2D eigenvalue weighted by molar-refractivity contribution is -0.122. The number of halogens is 1. The van der Waals surface area contributed by atoms with Gasteiger partial charge in [0.05, 0.1) is 5.69 Å². The summed E-state index contributed by atoms with van der Waals surface area (Å²) < 4.78 is 19.1. The summed E-state index contributed by atoms with van der Waals surface area (Å²) in [6.45, 7) is 3.64. The molecule has 2 aromatic carbocycles. The molecule has 1 N–H and O–H groups in total. The number of nitrogens with one attached hydrogen (secondary N) is 1. The lowest BCUT2D eigenvalue weighted by Gasteiger charge is -2.16. The number of anilines is 2. The molecule has 0 spiro atoms. The molecular weight excluding hydrogens is 383 g/mol. The predicted molar refractivity (Wildman–Crippen MR) is 114 cm³/mol. The van der Waals surface area contributed by atoms with Gasteiger partial charge in [-0.1, -0.05) is 24.3 Å². The maximum absolute atomic E-state index is 13.7. The van der Waals surface area contributed by atoms with Crippen LogP contribution >= 0.6 is 0 Å². The van der Waals surface area contributed by atoms with Crippen LogP contribution in [0.2, 0.25) is 0 Å². The van der Waals surface area contributed by atoms with Crippen molar-refractivity contribution in [3.05, 3.63) is 66.5 Å². The maximum Gasteiger partial charge on any atom is 0.265 e. The zero-order valence-corrected chi connectivity index (χ0v) is 16.7. The number of amides is 1. The van der Waals surface area contributed by atoms with Gasteiger partial charge < -0.3 is 15.0 Å². The van der Waals surface area contributed by atoms with E-state index in [1.165, 1.54) is 25.0 Å². The number of ether oxygens (including phenoxy) is 1. The summed E-state index contributed by atoms with van der Waals surface area (Å²) in [4.78, 5) is 14.6. The summed E-state index contributed by atoms with van der Waals surface area (Å²) in [6.07, 6.45) is 1.55. The van der Waals surface area contributed by atoms with Crippen LogP contribution in [0.3, 0.4) is 0 Å². The Bertz CT molecular complexity index is 1000. The monoisotopic (exact) mass is 406 g/mol. The van der Waals surface area contributed by atoms with Gasteiger partial charge in [0.25, 0.3) is 5.91 Å². The summed E-state index contributed by atoms with van der Waals surface area (Å²) in [5.41, 5.74) is 2.30. The average Bonchev–Trinajstić information content (AvgIpc) is 3.31. The van der Waals surface area contributed by atoms with E-state index in [4.69, 9.17) is 4.74 Å². The smallest absolute Gasteiger partial charge is 0.265 e. The Balaban J connectivity index is 1.37. The van der Waals surface area contributed by atoms with Gasteiger partial charge in [0.1, 0.15) is 0 Å². The van der Waals surface area contributed by atoms with Crippen LogP contribution in [0.25, 0.3) is 11.3 Å². The molecule has 1 saturated heterocycles. The molecule has 1 atom stereocenters. The molecule has 7 heteroatoms. The van der Waals surface area contributed by atoms with Gasteiger partial charge in [-0.05, 0) is 56.2 Å². The molecule has 0 aliphatic carbocycles. The van der Waals surface area contributed by atoms with E-state index in [2.05, 4.69) is 20.4 Å². The third-order valence-corrected chi connectivity index (χ3v) is 5.04. The van der Waals surface area contributed by atoms with Crippen molar-refractivity contribution < 1.29 is 13.9 Å². The molecule has 1 aliphatic heterocycles. The van der Waals surface area contributed by atoms with Gasteiger partial charge in [0, 0.05) is 24.3 Å². The molecule has 0 saturated carbocycles. The van der Waals surface area contributed by atoms with E-state index in [1.54, 1.807) is 31.2 Å². The number of carbonyl (C=O) groups is 1. The lowest BCUT2D eigenvalue weighted by atomic mass is 10.1. The Morgan fingerprint density at radius 2 is 1.77 bits per heavy atom. The van der Waals surface area contributed by atoms with Gasteiger partial charge in [-0.25, -0.2) is 4.39 Å². The van der Waals surface area contributed by atoms with E-state index in [9.17, 15) is 9.18 Å². The molecule has 3 aromatic rings. The van der Waals surface area contributed by atoms with E-state index >= 15 is 0 Å². The van der Waals surface area contributed by atoms with Crippen LogP contribution in [0, 0.1) is 5.82 Å². The molecule has 6 nitrogen and oxygen atoms in total. The van der Waals surface area contributed by atoms with Crippen LogP contribution in [0.5, 0.6) is 5.75 Å². The van der Waals surface area contributed by atoms with Crippen molar-refractivity contribution in [2.45, 2.75) is 25.9 Å². The minimum Gasteiger partial charge on any atom is -0.478 e. The Morgan fingerprint density at radius 1 is 1.03 bits per heavy atom. The third kappa shape index (κ3) is 4.56. The number of hydrogen-bond donors (Lipinski definition) is 1. The van der Waals surface area contributed by atoms with Crippen LogP contribution in [0.4, 0.5) is 15.9 Å². The van der Waals surface area contributed by atoms with Gasteiger partial charge in [-0.15, -0.1) is 10.2 Å². The van der Waals surface area contributed by atoms with E-state index in [-0.39, 0.29) is 11.7 Å². The molecule has 154 valence electrons. The van der Waals surface area contributed by atoms with Crippen LogP contribution in [0.1, 0.15) is 19.8 Å². The largest absolute Gasteiger partial charge is 0.478 e. The van der Waals surface area contributed by atoms with Gasteiger partial charge in [0.15, 0.2) is 23.5 Å². The molecule has 4 rings (SSSR count). The van der Waals surface area contributed by atoms with E-state index in [0.29, 0.717) is 5.69 Å². The van der Waals surface area contributed by atoms with Gasteiger partial charge >= 0.3 is 0 Å². The van der Waals surface area contributed by atoms with Crippen molar-refractivity contribution in [3.8, 4) is 17.0 Å². The molecule has 1 aliphatic rings. The molecule has 1 amide bonds.